The van der Waals surface area contributed by atoms with Crippen molar-refractivity contribution in [3.05, 3.63) is 65.7 Å². The van der Waals surface area contributed by atoms with Gasteiger partial charge in [-0.15, -0.1) is 11.8 Å². The lowest BCUT2D eigenvalue weighted by Crippen LogP contribution is -2.07. The Labute approximate surface area is 131 Å². The molecule has 2 aromatic carbocycles. The summed E-state index contributed by atoms with van der Waals surface area (Å²) in [5, 5.41) is 9.44. The Morgan fingerprint density at radius 2 is 1.62 bits per heavy atom. The molecule has 2 aromatic rings. The van der Waals surface area contributed by atoms with Gasteiger partial charge in [-0.2, -0.15) is 5.26 Å². The Balaban J connectivity index is 2.42. The Kier molecular flexibility index (Phi) is 4.88. The molecule has 0 heterocycles. The summed E-state index contributed by atoms with van der Waals surface area (Å²) in [6, 6.07) is 20.3. The predicted molar refractivity (Wildman–Crippen MR) is 92.0 cm³/mol. The van der Waals surface area contributed by atoms with Crippen LogP contribution in [0.1, 0.15) is 31.9 Å². The molecule has 0 aliphatic heterocycles. The van der Waals surface area contributed by atoms with Gasteiger partial charge < -0.3 is 0 Å². The van der Waals surface area contributed by atoms with Gasteiger partial charge in [-0.3, -0.25) is 0 Å². The molecule has 0 atom stereocenters. The van der Waals surface area contributed by atoms with E-state index in [1.54, 1.807) is 0 Å². The minimum absolute atomic E-state index is 0.142. The molecule has 106 valence electrons. The van der Waals surface area contributed by atoms with Crippen LogP contribution >= 0.6 is 11.8 Å². The summed E-state index contributed by atoms with van der Waals surface area (Å²) in [6.07, 6.45) is 1.98. The number of allylic oxidation sites excluding steroid dienone is 1. The van der Waals surface area contributed by atoms with Crippen molar-refractivity contribution in [2.24, 2.45) is 0 Å². The molecule has 0 radical (unpaired) electrons. The van der Waals surface area contributed by atoms with Crippen molar-refractivity contribution in [3.8, 4) is 6.07 Å². The Morgan fingerprint density at radius 3 is 2.24 bits per heavy atom. The van der Waals surface area contributed by atoms with Crippen LogP contribution in [-0.2, 0) is 0 Å². The third kappa shape index (κ3) is 4.51. The van der Waals surface area contributed by atoms with E-state index in [-0.39, 0.29) is 4.75 Å². The maximum atomic E-state index is 9.44. The van der Waals surface area contributed by atoms with E-state index < -0.39 is 0 Å². The maximum Gasteiger partial charge on any atom is 0.0998 e. The van der Waals surface area contributed by atoms with E-state index in [0.29, 0.717) is 5.57 Å². The van der Waals surface area contributed by atoms with Crippen molar-refractivity contribution in [1.29, 1.82) is 5.26 Å². The highest BCUT2D eigenvalue weighted by Crippen LogP contribution is 2.35. The average Bonchev–Trinajstić information content (AvgIpc) is 2.45. The van der Waals surface area contributed by atoms with Crippen LogP contribution in [0.5, 0.6) is 0 Å². The van der Waals surface area contributed by atoms with Crippen LogP contribution in [0.2, 0.25) is 0 Å². The molecule has 0 aliphatic rings. The standard InChI is InChI=1S/C19H19NS/c1-19(2,3)21-18-12-8-7-11-16(18)13-17(14-20)15-9-5-4-6-10-15/h4-13H,1-3H3/b17-13+. The van der Waals surface area contributed by atoms with Gasteiger partial charge in [0.15, 0.2) is 0 Å². The number of hydrogen-bond acceptors (Lipinski definition) is 2. The van der Waals surface area contributed by atoms with Crippen LogP contribution in [0.4, 0.5) is 0 Å². The summed E-state index contributed by atoms with van der Waals surface area (Å²) in [5.74, 6) is 0. The van der Waals surface area contributed by atoms with Gasteiger partial charge in [-0.25, -0.2) is 0 Å². The van der Waals surface area contributed by atoms with E-state index in [9.17, 15) is 5.26 Å². The zero-order chi connectivity index (χ0) is 15.3. The van der Waals surface area contributed by atoms with Crippen molar-refractivity contribution < 1.29 is 0 Å². The third-order valence-corrected chi connectivity index (χ3v) is 4.04. The van der Waals surface area contributed by atoms with E-state index in [2.05, 4.69) is 39.0 Å². The van der Waals surface area contributed by atoms with Crippen molar-refractivity contribution in [3.63, 3.8) is 0 Å². The van der Waals surface area contributed by atoms with Crippen LogP contribution in [0.25, 0.3) is 11.6 Å². The highest BCUT2D eigenvalue weighted by Gasteiger charge is 2.14. The van der Waals surface area contributed by atoms with Crippen molar-refractivity contribution in [2.75, 3.05) is 0 Å². The lowest BCUT2D eigenvalue weighted by Gasteiger charge is -2.19. The number of nitrogens with zero attached hydrogens (tertiary/aromatic N) is 1. The molecule has 0 aromatic heterocycles. The summed E-state index contributed by atoms with van der Waals surface area (Å²) in [4.78, 5) is 1.20. The van der Waals surface area contributed by atoms with E-state index >= 15 is 0 Å². The third-order valence-electron chi connectivity index (χ3n) is 2.84. The highest BCUT2D eigenvalue weighted by molar-refractivity contribution is 8.00. The first-order chi connectivity index (χ1) is 9.99. The fourth-order valence-corrected chi connectivity index (χ4v) is 3.03. The van der Waals surface area contributed by atoms with Gasteiger partial charge in [0.05, 0.1) is 11.6 Å². The molecule has 1 nitrogen and oxygen atoms in total. The molecule has 0 saturated heterocycles. The van der Waals surface area contributed by atoms with Gasteiger partial charge in [-0.05, 0) is 23.3 Å². The van der Waals surface area contributed by atoms with E-state index in [1.807, 2.05) is 60.3 Å². The summed E-state index contributed by atoms with van der Waals surface area (Å²) >= 11 is 1.82. The minimum Gasteiger partial charge on any atom is -0.192 e. The maximum absolute atomic E-state index is 9.44. The lowest BCUT2D eigenvalue weighted by molar-refractivity contribution is 0.802. The lowest BCUT2D eigenvalue weighted by atomic mass is 10.0. The van der Waals surface area contributed by atoms with E-state index in [1.165, 1.54) is 4.90 Å². The van der Waals surface area contributed by atoms with Crippen LogP contribution in [0, 0.1) is 11.3 Å². The molecule has 2 rings (SSSR count). The molecule has 0 unspecified atom stereocenters. The second-order valence-corrected chi connectivity index (χ2v) is 7.66. The van der Waals surface area contributed by atoms with Crippen LogP contribution < -0.4 is 0 Å². The van der Waals surface area contributed by atoms with Crippen molar-refractivity contribution in [2.45, 2.75) is 30.4 Å². The van der Waals surface area contributed by atoms with Crippen molar-refractivity contribution in [1.82, 2.24) is 0 Å². The Morgan fingerprint density at radius 1 is 1.00 bits per heavy atom. The predicted octanol–water partition coefficient (Wildman–Crippen LogP) is 5.64. The van der Waals surface area contributed by atoms with E-state index in [4.69, 9.17) is 0 Å². The molecule has 0 bridgehead atoms. The second-order valence-electron chi connectivity index (χ2n) is 5.79. The average molecular weight is 293 g/mol. The summed E-state index contributed by atoms with van der Waals surface area (Å²) in [5.41, 5.74) is 2.74. The van der Waals surface area contributed by atoms with Gasteiger partial charge in [0.1, 0.15) is 0 Å². The largest absolute Gasteiger partial charge is 0.192 e. The van der Waals surface area contributed by atoms with Crippen molar-refractivity contribution >= 4 is 23.4 Å². The van der Waals surface area contributed by atoms with Gasteiger partial charge in [0.2, 0.25) is 0 Å². The fourth-order valence-electron chi connectivity index (χ4n) is 1.98. The molecular formula is C19H19NS. The van der Waals surface area contributed by atoms with Gasteiger partial charge >= 0.3 is 0 Å². The molecule has 0 N–H and O–H groups in total. The summed E-state index contributed by atoms with van der Waals surface area (Å²) in [7, 11) is 0. The molecule has 0 amide bonds. The number of benzene rings is 2. The zero-order valence-electron chi connectivity index (χ0n) is 12.6. The second kappa shape index (κ2) is 6.65. The van der Waals surface area contributed by atoms with Gasteiger partial charge in [0, 0.05) is 9.64 Å². The normalized spacial score (nSPS) is 12.0. The quantitative estimate of drug-likeness (QED) is 0.415. The van der Waals surface area contributed by atoms with E-state index in [0.717, 1.165) is 11.1 Å². The molecule has 0 spiro atoms. The monoisotopic (exact) mass is 293 g/mol. The molecule has 21 heavy (non-hydrogen) atoms. The number of nitriles is 1. The zero-order valence-corrected chi connectivity index (χ0v) is 13.4. The smallest absolute Gasteiger partial charge is 0.0998 e. The number of hydrogen-bond donors (Lipinski definition) is 0. The topological polar surface area (TPSA) is 23.8 Å². The molecule has 2 heteroatoms. The van der Waals surface area contributed by atoms with Crippen LogP contribution in [0.3, 0.4) is 0 Å². The van der Waals surface area contributed by atoms with Crippen LogP contribution in [0.15, 0.2) is 59.5 Å². The first-order valence-corrected chi connectivity index (χ1v) is 7.76. The molecule has 0 aliphatic carbocycles. The van der Waals surface area contributed by atoms with Gasteiger partial charge in [-0.1, -0.05) is 69.3 Å². The fraction of sp³-hybridized carbons (Fsp3) is 0.211. The Hall–Kier alpha value is -1.98. The molecular weight excluding hydrogens is 274 g/mol. The first-order valence-electron chi connectivity index (χ1n) is 6.95. The first kappa shape index (κ1) is 15.4. The van der Waals surface area contributed by atoms with Crippen LogP contribution in [-0.4, -0.2) is 4.75 Å². The number of rotatable bonds is 3. The SMILES string of the molecule is CC(C)(C)Sc1ccccc1/C=C(\C#N)c1ccccc1. The Bertz CT molecular complexity index is 673. The summed E-state index contributed by atoms with van der Waals surface area (Å²) in [6.45, 7) is 6.59. The molecule has 0 saturated carbocycles. The summed E-state index contributed by atoms with van der Waals surface area (Å²) < 4.78 is 0.142. The minimum atomic E-state index is 0.142. The van der Waals surface area contributed by atoms with Gasteiger partial charge in [0.25, 0.3) is 0 Å². The molecule has 0 fully saturated rings. The number of thioether (sulfide) groups is 1. The highest BCUT2D eigenvalue weighted by atomic mass is 32.2.